The highest BCUT2D eigenvalue weighted by Gasteiger charge is 2.40. The Labute approximate surface area is 191 Å². The van der Waals surface area contributed by atoms with Gasteiger partial charge in [0, 0.05) is 22.8 Å². The molecule has 0 fully saturated rings. The fourth-order valence-electron chi connectivity index (χ4n) is 4.31. The molecule has 3 amide bonds. The molecular formula is C24H17BrFN3O3. The minimum absolute atomic E-state index is 0.00373. The molecule has 1 aromatic heterocycles. The van der Waals surface area contributed by atoms with Crippen LogP contribution >= 0.6 is 15.9 Å². The molecule has 2 aliphatic rings. The van der Waals surface area contributed by atoms with Gasteiger partial charge in [-0.25, -0.2) is 9.37 Å². The lowest BCUT2D eigenvalue weighted by atomic mass is 10.0. The normalized spacial score (nSPS) is 15.9. The van der Waals surface area contributed by atoms with Gasteiger partial charge >= 0.3 is 0 Å². The second-order valence-electron chi connectivity index (χ2n) is 7.85. The summed E-state index contributed by atoms with van der Waals surface area (Å²) in [6, 6.07) is 14.1. The maximum atomic E-state index is 13.8. The highest BCUT2D eigenvalue weighted by molar-refractivity contribution is 9.10. The summed E-state index contributed by atoms with van der Waals surface area (Å²) in [5.41, 5.74) is 2.48. The molecule has 3 heterocycles. The molecule has 6 nitrogen and oxygen atoms in total. The van der Waals surface area contributed by atoms with E-state index in [0.29, 0.717) is 28.9 Å². The van der Waals surface area contributed by atoms with Crippen molar-refractivity contribution in [1.29, 1.82) is 0 Å². The summed E-state index contributed by atoms with van der Waals surface area (Å²) in [5.74, 6) is -1.44. The Balaban J connectivity index is 1.48. The van der Waals surface area contributed by atoms with Gasteiger partial charge in [0.05, 0.1) is 23.7 Å². The topological polar surface area (TPSA) is 70.6 Å². The van der Waals surface area contributed by atoms with E-state index in [2.05, 4.69) is 20.9 Å². The number of hydrogen-bond acceptors (Lipinski definition) is 4. The second kappa shape index (κ2) is 7.94. The minimum atomic E-state index is -0.542. The summed E-state index contributed by atoms with van der Waals surface area (Å²) in [5, 5.41) is 0. The molecule has 0 saturated heterocycles. The van der Waals surface area contributed by atoms with Crippen molar-refractivity contribution >= 4 is 33.7 Å². The lowest BCUT2D eigenvalue weighted by molar-refractivity contribution is 0.0526. The second-order valence-corrected chi connectivity index (χ2v) is 8.76. The van der Waals surface area contributed by atoms with Crippen LogP contribution in [0.1, 0.15) is 42.3 Å². The van der Waals surface area contributed by atoms with Gasteiger partial charge in [0.1, 0.15) is 11.5 Å². The number of aromatic nitrogens is 1. The maximum Gasteiger partial charge on any atom is 0.273 e. The first-order chi connectivity index (χ1) is 15.4. The van der Waals surface area contributed by atoms with Crippen LogP contribution in [-0.4, -0.2) is 45.1 Å². The van der Waals surface area contributed by atoms with Gasteiger partial charge in [0.25, 0.3) is 17.7 Å². The zero-order valence-electron chi connectivity index (χ0n) is 16.8. The van der Waals surface area contributed by atoms with Crippen molar-refractivity contribution in [3.05, 3.63) is 99.0 Å². The molecule has 1 atom stereocenters. The van der Waals surface area contributed by atoms with Crippen molar-refractivity contribution in [1.82, 2.24) is 14.8 Å². The summed E-state index contributed by atoms with van der Waals surface area (Å²) in [7, 11) is 0. The van der Waals surface area contributed by atoms with E-state index >= 15 is 0 Å². The summed E-state index contributed by atoms with van der Waals surface area (Å²) >= 11 is 3.38. The third-order valence-electron chi connectivity index (χ3n) is 5.81. The molecule has 0 N–H and O–H groups in total. The number of fused-ring (bicyclic) bond motifs is 2. The SMILES string of the molecule is O=C1c2ccccc2C(=O)N1C[C@H](Cc1cccc(F)c1)N1Cc2cc(Br)cnc2C1=O. The van der Waals surface area contributed by atoms with Gasteiger partial charge in [-0.1, -0.05) is 24.3 Å². The largest absolute Gasteiger partial charge is 0.328 e. The summed E-state index contributed by atoms with van der Waals surface area (Å²) in [6.07, 6.45) is 1.85. The van der Waals surface area contributed by atoms with Crippen molar-refractivity contribution < 1.29 is 18.8 Å². The van der Waals surface area contributed by atoms with E-state index < -0.39 is 6.04 Å². The van der Waals surface area contributed by atoms with Gasteiger partial charge in [-0.05, 0) is 58.2 Å². The Kier molecular flexibility index (Phi) is 5.09. The molecule has 2 aromatic carbocycles. The number of imide groups is 1. The highest BCUT2D eigenvalue weighted by Crippen LogP contribution is 2.29. The third kappa shape index (κ3) is 3.50. The van der Waals surface area contributed by atoms with E-state index in [4.69, 9.17) is 0 Å². The van der Waals surface area contributed by atoms with E-state index in [1.807, 2.05) is 6.07 Å². The number of amides is 3. The Morgan fingerprint density at radius 3 is 2.38 bits per heavy atom. The zero-order valence-corrected chi connectivity index (χ0v) is 18.4. The molecule has 0 bridgehead atoms. The van der Waals surface area contributed by atoms with Crippen LogP contribution in [-0.2, 0) is 13.0 Å². The van der Waals surface area contributed by atoms with Crippen molar-refractivity contribution in [3.63, 3.8) is 0 Å². The highest BCUT2D eigenvalue weighted by atomic mass is 79.9. The maximum absolute atomic E-state index is 13.8. The molecule has 0 aliphatic carbocycles. The number of hydrogen-bond donors (Lipinski definition) is 0. The average molecular weight is 494 g/mol. The predicted octanol–water partition coefficient (Wildman–Crippen LogP) is 3.85. The van der Waals surface area contributed by atoms with Crippen LogP contribution in [0.5, 0.6) is 0 Å². The molecule has 32 heavy (non-hydrogen) atoms. The van der Waals surface area contributed by atoms with Crippen LogP contribution < -0.4 is 0 Å². The molecule has 160 valence electrons. The lowest BCUT2D eigenvalue weighted by Crippen LogP contribution is -2.47. The first-order valence-electron chi connectivity index (χ1n) is 10.1. The molecule has 2 aliphatic heterocycles. The van der Waals surface area contributed by atoms with Crippen LogP contribution in [0.25, 0.3) is 0 Å². The van der Waals surface area contributed by atoms with Crippen molar-refractivity contribution in [2.24, 2.45) is 0 Å². The van der Waals surface area contributed by atoms with E-state index in [0.717, 1.165) is 10.0 Å². The molecule has 8 heteroatoms. The van der Waals surface area contributed by atoms with Crippen molar-refractivity contribution in [3.8, 4) is 0 Å². The Hall–Kier alpha value is -3.39. The molecule has 0 radical (unpaired) electrons. The quantitative estimate of drug-likeness (QED) is 0.506. The Morgan fingerprint density at radius 2 is 1.69 bits per heavy atom. The lowest BCUT2D eigenvalue weighted by Gasteiger charge is -2.30. The number of pyridine rings is 1. The van der Waals surface area contributed by atoms with Gasteiger partial charge < -0.3 is 4.90 Å². The molecule has 0 spiro atoms. The fraction of sp³-hybridized carbons (Fsp3) is 0.167. The van der Waals surface area contributed by atoms with E-state index in [-0.39, 0.29) is 36.5 Å². The van der Waals surface area contributed by atoms with Gasteiger partial charge in [-0.15, -0.1) is 0 Å². The third-order valence-corrected chi connectivity index (χ3v) is 6.24. The standard InChI is InChI=1S/C24H17BrFN3O3/c25-16-10-15-12-28(24(32)21(15)27-11-16)18(9-14-4-3-5-17(26)8-14)13-29-22(30)19-6-1-2-7-20(19)23(29)31/h1-8,10-11,18H,9,12-13H2/t18-/m0/s1. The van der Waals surface area contributed by atoms with Gasteiger partial charge in [-0.3, -0.25) is 19.3 Å². The summed E-state index contributed by atoms with van der Waals surface area (Å²) in [4.78, 5) is 46.0. The minimum Gasteiger partial charge on any atom is -0.328 e. The Morgan fingerprint density at radius 1 is 0.969 bits per heavy atom. The van der Waals surface area contributed by atoms with Crippen LogP contribution in [0.2, 0.25) is 0 Å². The first-order valence-corrected chi connectivity index (χ1v) is 10.9. The molecular weight excluding hydrogens is 477 g/mol. The van der Waals surface area contributed by atoms with E-state index in [1.165, 1.54) is 17.0 Å². The smallest absolute Gasteiger partial charge is 0.273 e. The van der Waals surface area contributed by atoms with Gasteiger partial charge in [-0.2, -0.15) is 0 Å². The van der Waals surface area contributed by atoms with Gasteiger partial charge in [0.15, 0.2) is 0 Å². The molecule has 0 saturated carbocycles. The first kappa shape index (κ1) is 20.5. The summed E-state index contributed by atoms with van der Waals surface area (Å²) < 4.78 is 14.6. The predicted molar refractivity (Wildman–Crippen MR) is 118 cm³/mol. The van der Waals surface area contributed by atoms with Gasteiger partial charge in [0.2, 0.25) is 0 Å². The number of benzene rings is 2. The number of carbonyl (C=O) groups is 3. The molecule has 3 aromatic rings. The number of rotatable bonds is 5. The van der Waals surface area contributed by atoms with Crippen LogP contribution in [0.3, 0.4) is 0 Å². The van der Waals surface area contributed by atoms with E-state index in [9.17, 15) is 18.8 Å². The molecule has 5 rings (SSSR count). The van der Waals surface area contributed by atoms with Crippen LogP contribution in [0, 0.1) is 5.82 Å². The average Bonchev–Trinajstić information content (AvgIpc) is 3.22. The number of carbonyl (C=O) groups excluding carboxylic acids is 3. The molecule has 0 unspecified atom stereocenters. The van der Waals surface area contributed by atoms with Crippen LogP contribution in [0.4, 0.5) is 4.39 Å². The van der Waals surface area contributed by atoms with E-state index in [1.54, 1.807) is 47.5 Å². The summed E-state index contributed by atoms with van der Waals surface area (Å²) in [6.45, 7) is 0.299. The number of nitrogens with zero attached hydrogens (tertiary/aromatic N) is 3. The van der Waals surface area contributed by atoms with Crippen LogP contribution in [0.15, 0.2) is 65.3 Å². The van der Waals surface area contributed by atoms with Crippen molar-refractivity contribution in [2.75, 3.05) is 6.54 Å². The zero-order chi connectivity index (χ0) is 22.4. The van der Waals surface area contributed by atoms with Crippen molar-refractivity contribution in [2.45, 2.75) is 19.0 Å². The Bertz CT molecular complexity index is 1240. The number of halogens is 2. The fourth-order valence-corrected chi connectivity index (χ4v) is 4.68. The monoisotopic (exact) mass is 493 g/mol.